The van der Waals surface area contributed by atoms with Crippen molar-refractivity contribution in [2.75, 3.05) is 11.9 Å². The summed E-state index contributed by atoms with van der Waals surface area (Å²) in [6, 6.07) is 16.2. The van der Waals surface area contributed by atoms with Gasteiger partial charge in [-0.2, -0.15) is 0 Å². The first-order valence-electron chi connectivity index (χ1n) is 11.1. The molecule has 0 saturated carbocycles. The molecule has 2 amide bonds. The summed E-state index contributed by atoms with van der Waals surface area (Å²) >= 11 is 3.69. The molecule has 1 fully saturated rings. The maximum atomic E-state index is 13.6. The number of aromatic nitrogens is 5. The van der Waals surface area contributed by atoms with Gasteiger partial charge in [0.1, 0.15) is 11.6 Å². The summed E-state index contributed by atoms with van der Waals surface area (Å²) in [6.45, 7) is 0. The fourth-order valence-electron chi connectivity index (χ4n) is 4.73. The molecule has 178 valence electrons. The number of amides is 2. The number of halogens is 1. The Labute approximate surface area is 210 Å². The van der Waals surface area contributed by atoms with E-state index in [1.54, 1.807) is 23.0 Å². The number of nitrogens with one attached hydrogen (secondary N) is 2. The van der Waals surface area contributed by atoms with Crippen LogP contribution in [-0.2, 0) is 0 Å². The first-order valence-corrected chi connectivity index (χ1v) is 11.9. The third kappa shape index (κ3) is 3.07. The average molecular weight is 545 g/mol. The lowest BCUT2D eigenvalue weighted by Gasteiger charge is -2.27. The number of para-hydroxylation sites is 1. The molecule has 7 rings (SSSR count). The predicted molar refractivity (Wildman–Crippen MR) is 134 cm³/mol. The number of hydrogen-bond donors (Lipinski definition) is 2. The summed E-state index contributed by atoms with van der Waals surface area (Å²) in [5.41, 5.74) is 5.71. The highest BCUT2D eigenvalue weighted by molar-refractivity contribution is 9.10. The highest BCUT2D eigenvalue weighted by Crippen LogP contribution is 2.43. The summed E-state index contributed by atoms with van der Waals surface area (Å²) < 4.78 is 13.9. The van der Waals surface area contributed by atoms with Gasteiger partial charge in [-0.3, -0.25) is 4.90 Å². The quantitative estimate of drug-likeness (QED) is 0.339. The Balaban J connectivity index is 1.46. The number of imidazole rings is 1. The van der Waals surface area contributed by atoms with Crippen LogP contribution in [0.1, 0.15) is 17.8 Å². The maximum Gasteiger partial charge on any atom is 0.394 e. The Morgan fingerprint density at radius 2 is 1.89 bits per heavy atom. The largest absolute Gasteiger partial charge is 0.407 e. The lowest BCUT2D eigenvalue weighted by Crippen LogP contribution is -2.29. The van der Waals surface area contributed by atoms with E-state index in [0.29, 0.717) is 16.9 Å². The molecular formula is C24H17BrN8O3. The van der Waals surface area contributed by atoms with Gasteiger partial charge in [-0.1, -0.05) is 33.3 Å². The Morgan fingerprint density at radius 1 is 1.06 bits per heavy atom. The molecule has 3 aromatic heterocycles. The number of H-pyrrole nitrogens is 1. The molecule has 2 unspecified atom stereocenters. The molecule has 0 bridgehead atoms. The topological polar surface area (TPSA) is 130 Å². The molecule has 0 radical (unpaired) electrons. The monoisotopic (exact) mass is 544 g/mol. The van der Waals surface area contributed by atoms with Crippen LogP contribution in [-0.4, -0.2) is 38.0 Å². The molecule has 0 spiro atoms. The average Bonchev–Trinajstić information content (AvgIpc) is 3.66. The smallest absolute Gasteiger partial charge is 0.394 e. The Hall–Kier alpha value is -4.45. The van der Waals surface area contributed by atoms with Gasteiger partial charge in [0, 0.05) is 17.2 Å². The fraction of sp³-hybridized carbons (Fsp3) is 0.125. The molecule has 2 atom stereocenters. The van der Waals surface area contributed by atoms with E-state index >= 15 is 0 Å². The van der Waals surface area contributed by atoms with Gasteiger partial charge in [-0.25, -0.2) is 19.5 Å². The minimum absolute atomic E-state index is 0.162. The van der Waals surface area contributed by atoms with Gasteiger partial charge in [0.25, 0.3) is 0 Å². The van der Waals surface area contributed by atoms with Crippen molar-refractivity contribution in [1.29, 1.82) is 0 Å². The molecular weight excluding hydrogens is 528 g/mol. The van der Waals surface area contributed by atoms with Crippen LogP contribution < -0.4 is 16.0 Å². The molecule has 36 heavy (non-hydrogen) atoms. The van der Waals surface area contributed by atoms with Gasteiger partial charge >= 0.3 is 11.8 Å². The van der Waals surface area contributed by atoms with Gasteiger partial charge in [0.15, 0.2) is 17.3 Å². The first kappa shape index (κ1) is 20.9. The van der Waals surface area contributed by atoms with Crippen molar-refractivity contribution in [2.45, 2.75) is 12.2 Å². The number of nitrogens with zero attached hydrogens (tertiary/aromatic N) is 6. The third-order valence-electron chi connectivity index (χ3n) is 6.35. The van der Waals surface area contributed by atoms with Crippen LogP contribution >= 0.6 is 15.9 Å². The van der Waals surface area contributed by atoms with Gasteiger partial charge in [0.05, 0.1) is 22.9 Å². The van der Waals surface area contributed by atoms with E-state index in [1.165, 1.54) is 0 Å². The van der Waals surface area contributed by atoms with Crippen LogP contribution in [0.2, 0.25) is 0 Å². The van der Waals surface area contributed by atoms with E-state index in [4.69, 9.17) is 8.83 Å². The Bertz CT molecular complexity index is 1870. The zero-order valence-corrected chi connectivity index (χ0v) is 20.3. The predicted octanol–water partition coefficient (Wildman–Crippen LogP) is 4.41. The fourth-order valence-corrected chi connectivity index (χ4v) is 5.28. The van der Waals surface area contributed by atoms with Crippen molar-refractivity contribution in [2.24, 2.45) is 4.99 Å². The van der Waals surface area contributed by atoms with Gasteiger partial charge in [-0.05, 0) is 48.0 Å². The number of carbonyl (C=O) groups is 1. The lowest BCUT2D eigenvalue weighted by atomic mass is 10.0. The third-order valence-corrected chi connectivity index (χ3v) is 7.04. The van der Waals surface area contributed by atoms with Crippen molar-refractivity contribution in [3.8, 4) is 0 Å². The van der Waals surface area contributed by atoms with E-state index < -0.39 is 12.2 Å². The zero-order valence-electron chi connectivity index (χ0n) is 18.7. The molecule has 6 aromatic rings. The van der Waals surface area contributed by atoms with Crippen LogP contribution in [0.15, 0.2) is 79.2 Å². The normalized spacial score (nSPS) is 18.7. The minimum atomic E-state index is -0.571. The number of anilines is 1. The first-order chi connectivity index (χ1) is 17.6. The number of rotatable bonds is 3. The van der Waals surface area contributed by atoms with Crippen LogP contribution in [0.4, 0.5) is 10.5 Å². The minimum Gasteiger partial charge on any atom is -0.407 e. The van der Waals surface area contributed by atoms with Crippen LogP contribution in [0.25, 0.3) is 33.2 Å². The van der Waals surface area contributed by atoms with Crippen LogP contribution in [0.5, 0.6) is 0 Å². The number of benzene rings is 3. The number of aromatic amines is 1. The number of carbonyl (C=O) groups excluding carboxylic acids is 1. The van der Waals surface area contributed by atoms with Crippen LogP contribution in [0.3, 0.4) is 0 Å². The van der Waals surface area contributed by atoms with Crippen LogP contribution in [0, 0.1) is 0 Å². The molecule has 0 aliphatic carbocycles. The van der Waals surface area contributed by atoms with Gasteiger partial charge in [0.2, 0.25) is 0 Å². The van der Waals surface area contributed by atoms with E-state index in [2.05, 4.69) is 46.5 Å². The SMILES string of the molecule is CN=c1oc2cc(Br)c(C3C(n4nnc5ccccc54)NC(=O)N3c3ccc4nc[nH]c4c3)cc2o1. The zero-order chi connectivity index (χ0) is 24.4. The summed E-state index contributed by atoms with van der Waals surface area (Å²) in [7, 11) is 1.59. The van der Waals surface area contributed by atoms with E-state index in [1.807, 2.05) is 54.6 Å². The maximum absolute atomic E-state index is 13.6. The van der Waals surface area contributed by atoms with Gasteiger partial charge in [-0.15, -0.1) is 5.10 Å². The van der Waals surface area contributed by atoms with E-state index in [0.717, 1.165) is 32.1 Å². The number of fused-ring (bicyclic) bond motifs is 3. The second kappa shape index (κ2) is 7.78. The Kier molecular flexibility index (Phi) is 4.51. The highest BCUT2D eigenvalue weighted by atomic mass is 79.9. The molecule has 1 aliphatic heterocycles. The molecule has 4 heterocycles. The molecule has 1 saturated heterocycles. The summed E-state index contributed by atoms with van der Waals surface area (Å²) in [5.74, 6) is 0.162. The van der Waals surface area contributed by atoms with E-state index in [-0.39, 0.29) is 11.8 Å². The van der Waals surface area contributed by atoms with Crippen molar-refractivity contribution < 1.29 is 13.6 Å². The summed E-state index contributed by atoms with van der Waals surface area (Å²) in [6.07, 6.45) is 1.06. The Morgan fingerprint density at radius 3 is 2.75 bits per heavy atom. The van der Waals surface area contributed by atoms with Crippen molar-refractivity contribution in [3.63, 3.8) is 0 Å². The number of urea groups is 1. The molecule has 2 N–H and O–H groups in total. The van der Waals surface area contributed by atoms with Gasteiger partial charge < -0.3 is 19.1 Å². The lowest BCUT2D eigenvalue weighted by molar-refractivity contribution is 0.248. The number of hydrogen-bond acceptors (Lipinski definition) is 7. The summed E-state index contributed by atoms with van der Waals surface area (Å²) in [4.78, 5) is 26.7. The molecule has 3 aromatic carbocycles. The van der Waals surface area contributed by atoms with Crippen molar-refractivity contribution in [3.05, 3.63) is 76.7 Å². The van der Waals surface area contributed by atoms with Crippen molar-refractivity contribution in [1.82, 2.24) is 30.3 Å². The molecule has 1 aliphatic rings. The second-order valence-corrected chi connectivity index (χ2v) is 9.20. The standard InChI is InChI=1S/C24H17BrN8O3/c1-26-24-35-19-9-13(14(25)10-20(19)36-24)21-22(33-18-5-3-2-4-16(18)30-31-33)29-23(34)32(21)12-6-7-15-17(8-12)28-11-27-15/h2-11,21-22H,1H3,(H,27,28)(H,29,34). The van der Waals surface area contributed by atoms with Crippen molar-refractivity contribution >= 4 is 60.9 Å². The second-order valence-electron chi connectivity index (χ2n) is 8.35. The molecule has 12 heteroatoms. The van der Waals surface area contributed by atoms with E-state index in [9.17, 15) is 4.79 Å². The highest BCUT2D eigenvalue weighted by Gasteiger charge is 2.44. The summed E-state index contributed by atoms with van der Waals surface area (Å²) in [5, 5.41) is 11.8. The molecule has 11 nitrogen and oxygen atoms in total.